The highest BCUT2D eigenvalue weighted by Gasteiger charge is 2.40. The Kier molecular flexibility index (Phi) is 4.09. The molecule has 0 fully saturated rings. The summed E-state index contributed by atoms with van der Waals surface area (Å²) >= 11 is 1.12. The van der Waals surface area contributed by atoms with E-state index >= 15 is 0 Å². The van der Waals surface area contributed by atoms with Gasteiger partial charge in [0.05, 0.1) is 16.8 Å². The SMILES string of the molecule is CSCc1cc(C(F)(F)F)c(N)c(C(F)(F)F)c1. The molecular formula is C10H9F6NS. The van der Waals surface area contributed by atoms with Crippen LogP contribution in [0.1, 0.15) is 16.7 Å². The molecule has 1 nitrogen and oxygen atoms in total. The normalized spacial score (nSPS) is 12.8. The molecule has 0 heterocycles. The van der Waals surface area contributed by atoms with Gasteiger partial charge in [0.25, 0.3) is 0 Å². The Morgan fingerprint density at radius 3 is 1.67 bits per heavy atom. The van der Waals surface area contributed by atoms with Crippen molar-refractivity contribution in [3.63, 3.8) is 0 Å². The van der Waals surface area contributed by atoms with Crippen molar-refractivity contribution in [3.8, 4) is 0 Å². The minimum atomic E-state index is -4.90. The lowest BCUT2D eigenvalue weighted by Gasteiger charge is -2.17. The van der Waals surface area contributed by atoms with Crippen molar-refractivity contribution in [2.24, 2.45) is 0 Å². The Morgan fingerprint density at radius 1 is 1.00 bits per heavy atom. The molecule has 0 spiro atoms. The first-order chi connectivity index (χ1) is 8.07. The van der Waals surface area contributed by atoms with Gasteiger partial charge in [0.15, 0.2) is 0 Å². The van der Waals surface area contributed by atoms with E-state index in [-0.39, 0.29) is 11.3 Å². The zero-order chi connectivity index (χ0) is 14.1. The maximum atomic E-state index is 12.6. The van der Waals surface area contributed by atoms with E-state index in [1.165, 1.54) is 0 Å². The molecule has 0 saturated carbocycles. The van der Waals surface area contributed by atoms with Crippen molar-refractivity contribution in [2.75, 3.05) is 12.0 Å². The third-order valence-electron chi connectivity index (χ3n) is 2.16. The average molecular weight is 289 g/mol. The highest BCUT2D eigenvalue weighted by atomic mass is 32.2. The predicted octanol–water partition coefficient (Wildman–Crippen LogP) is 4.17. The van der Waals surface area contributed by atoms with Crippen LogP contribution in [0.25, 0.3) is 0 Å². The van der Waals surface area contributed by atoms with Crippen LogP contribution in [-0.2, 0) is 18.1 Å². The van der Waals surface area contributed by atoms with Crippen molar-refractivity contribution in [3.05, 3.63) is 28.8 Å². The van der Waals surface area contributed by atoms with E-state index in [1.807, 2.05) is 0 Å². The van der Waals surface area contributed by atoms with E-state index in [0.717, 1.165) is 11.8 Å². The molecule has 2 N–H and O–H groups in total. The van der Waals surface area contributed by atoms with Gasteiger partial charge in [0, 0.05) is 5.75 Å². The lowest BCUT2D eigenvalue weighted by Crippen LogP contribution is -2.16. The zero-order valence-corrected chi connectivity index (χ0v) is 9.93. The zero-order valence-electron chi connectivity index (χ0n) is 9.12. The number of hydrogen-bond donors (Lipinski definition) is 1. The third-order valence-corrected chi connectivity index (χ3v) is 2.78. The van der Waals surface area contributed by atoms with E-state index in [4.69, 9.17) is 5.73 Å². The summed E-state index contributed by atoms with van der Waals surface area (Å²) in [5, 5.41) is 0. The van der Waals surface area contributed by atoms with E-state index < -0.39 is 29.2 Å². The highest BCUT2D eigenvalue weighted by molar-refractivity contribution is 7.97. The van der Waals surface area contributed by atoms with Crippen LogP contribution in [-0.4, -0.2) is 6.26 Å². The van der Waals surface area contributed by atoms with E-state index in [9.17, 15) is 26.3 Å². The Bertz CT molecular complexity index is 402. The summed E-state index contributed by atoms with van der Waals surface area (Å²) in [5.74, 6) is 0.0481. The fraction of sp³-hybridized carbons (Fsp3) is 0.400. The molecule has 0 unspecified atom stereocenters. The summed E-state index contributed by atoms with van der Waals surface area (Å²) in [4.78, 5) is 0. The summed E-state index contributed by atoms with van der Waals surface area (Å²) in [6, 6.07) is 1.31. The van der Waals surface area contributed by atoms with E-state index in [2.05, 4.69) is 0 Å². The lowest BCUT2D eigenvalue weighted by atomic mass is 10.0. The minimum Gasteiger partial charge on any atom is -0.398 e. The standard InChI is InChI=1S/C10H9F6NS/c1-18-4-5-2-6(9(11,12)13)8(17)7(3-5)10(14,15)16/h2-3H,4,17H2,1H3. The molecule has 0 amide bonds. The molecular weight excluding hydrogens is 280 g/mol. The Morgan fingerprint density at radius 2 is 1.39 bits per heavy atom. The van der Waals surface area contributed by atoms with Gasteiger partial charge in [0.2, 0.25) is 0 Å². The van der Waals surface area contributed by atoms with Gasteiger partial charge in [0.1, 0.15) is 0 Å². The number of halogens is 6. The molecule has 1 aromatic rings. The number of rotatable bonds is 2. The van der Waals surface area contributed by atoms with Gasteiger partial charge in [-0.2, -0.15) is 38.1 Å². The maximum absolute atomic E-state index is 12.6. The number of hydrogen-bond acceptors (Lipinski definition) is 2. The van der Waals surface area contributed by atoms with Crippen molar-refractivity contribution in [2.45, 2.75) is 18.1 Å². The predicted molar refractivity (Wildman–Crippen MR) is 58.1 cm³/mol. The Hall–Kier alpha value is -1.05. The molecule has 18 heavy (non-hydrogen) atoms. The Balaban J connectivity index is 3.48. The second-order valence-electron chi connectivity index (χ2n) is 3.53. The van der Waals surface area contributed by atoms with Crippen molar-refractivity contribution < 1.29 is 26.3 Å². The number of thioether (sulfide) groups is 1. The molecule has 0 saturated heterocycles. The van der Waals surface area contributed by atoms with Crippen LogP contribution in [0, 0.1) is 0 Å². The Labute approximate surface area is 103 Å². The fourth-order valence-electron chi connectivity index (χ4n) is 1.43. The topological polar surface area (TPSA) is 26.0 Å². The van der Waals surface area contributed by atoms with Gasteiger partial charge in [-0.05, 0) is 24.0 Å². The maximum Gasteiger partial charge on any atom is 0.418 e. The first kappa shape index (κ1) is 15.0. The van der Waals surface area contributed by atoms with Crippen LogP contribution in [0.5, 0.6) is 0 Å². The van der Waals surface area contributed by atoms with Crippen LogP contribution in [0.15, 0.2) is 12.1 Å². The molecule has 1 aromatic carbocycles. The van der Waals surface area contributed by atoms with Crippen LogP contribution < -0.4 is 5.73 Å². The smallest absolute Gasteiger partial charge is 0.398 e. The molecule has 0 aliphatic rings. The van der Waals surface area contributed by atoms with Crippen molar-refractivity contribution in [1.82, 2.24) is 0 Å². The van der Waals surface area contributed by atoms with Crippen LogP contribution in [0.3, 0.4) is 0 Å². The first-order valence-electron chi connectivity index (χ1n) is 4.63. The molecule has 0 radical (unpaired) electrons. The number of alkyl halides is 6. The first-order valence-corrected chi connectivity index (χ1v) is 6.02. The van der Waals surface area contributed by atoms with E-state index in [0.29, 0.717) is 12.1 Å². The monoisotopic (exact) mass is 289 g/mol. The largest absolute Gasteiger partial charge is 0.418 e. The highest BCUT2D eigenvalue weighted by Crippen LogP contribution is 2.42. The van der Waals surface area contributed by atoms with E-state index in [1.54, 1.807) is 6.26 Å². The molecule has 8 heteroatoms. The second kappa shape index (κ2) is 4.91. The number of benzene rings is 1. The summed E-state index contributed by atoms with van der Waals surface area (Å²) in [6.07, 6.45) is -8.23. The van der Waals surface area contributed by atoms with Gasteiger partial charge in [-0.15, -0.1) is 0 Å². The summed E-state index contributed by atoms with van der Waals surface area (Å²) in [6.45, 7) is 0. The molecule has 1 rings (SSSR count). The van der Waals surface area contributed by atoms with Crippen LogP contribution in [0.2, 0.25) is 0 Å². The molecule has 0 atom stereocenters. The summed E-state index contributed by atoms with van der Waals surface area (Å²) in [7, 11) is 0. The molecule has 0 bridgehead atoms. The van der Waals surface area contributed by atoms with Crippen LogP contribution in [0.4, 0.5) is 32.0 Å². The van der Waals surface area contributed by atoms with Crippen molar-refractivity contribution >= 4 is 17.4 Å². The molecule has 102 valence electrons. The summed E-state index contributed by atoms with van der Waals surface area (Å²) < 4.78 is 75.5. The van der Waals surface area contributed by atoms with Gasteiger partial charge in [-0.1, -0.05) is 0 Å². The molecule has 0 aromatic heterocycles. The quantitative estimate of drug-likeness (QED) is 0.653. The summed E-state index contributed by atoms with van der Waals surface area (Å²) in [5.41, 5.74) is 0.751. The molecule has 0 aliphatic heterocycles. The van der Waals surface area contributed by atoms with Gasteiger partial charge >= 0.3 is 12.4 Å². The number of anilines is 1. The van der Waals surface area contributed by atoms with Gasteiger partial charge < -0.3 is 5.73 Å². The number of nitrogen functional groups attached to an aromatic ring is 1. The fourth-order valence-corrected chi connectivity index (χ4v) is 1.93. The van der Waals surface area contributed by atoms with Crippen molar-refractivity contribution in [1.29, 1.82) is 0 Å². The van der Waals surface area contributed by atoms with Gasteiger partial charge in [-0.3, -0.25) is 0 Å². The van der Waals surface area contributed by atoms with Gasteiger partial charge in [-0.25, -0.2) is 0 Å². The average Bonchev–Trinajstić information content (AvgIpc) is 2.17. The third kappa shape index (κ3) is 3.24. The van der Waals surface area contributed by atoms with Crippen LogP contribution >= 0.6 is 11.8 Å². The number of nitrogens with two attached hydrogens (primary N) is 1. The second-order valence-corrected chi connectivity index (χ2v) is 4.40. The lowest BCUT2D eigenvalue weighted by molar-refractivity contribution is -0.141. The molecule has 0 aliphatic carbocycles. The minimum absolute atomic E-state index is 0.0481.